The van der Waals surface area contributed by atoms with Crippen LogP contribution in [0.4, 0.5) is 5.82 Å². The molecule has 33 heavy (non-hydrogen) atoms. The van der Waals surface area contributed by atoms with Gasteiger partial charge in [-0.2, -0.15) is 0 Å². The van der Waals surface area contributed by atoms with E-state index in [2.05, 4.69) is 5.32 Å². The van der Waals surface area contributed by atoms with Crippen LogP contribution in [0.25, 0.3) is 11.7 Å². The number of aromatic nitrogens is 2. The number of amides is 1. The second-order valence-corrected chi connectivity index (χ2v) is 10.6. The van der Waals surface area contributed by atoms with Crippen molar-refractivity contribution >= 4 is 51.7 Å². The molecule has 1 N–H and O–H groups in total. The maximum Gasteiger partial charge on any atom is 0.267 e. The number of carbonyl (C=O) groups is 1. The van der Waals surface area contributed by atoms with Gasteiger partial charge in [-0.05, 0) is 50.3 Å². The van der Waals surface area contributed by atoms with Gasteiger partial charge in [-0.15, -0.1) is 0 Å². The Bertz CT molecular complexity index is 1180. The number of ether oxygens (including phenoxy) is 1. The molecule has 1 aliphatic carbocycles. The van der Waals surface area contributed by atoms with Gasteiger partial charge in [-0.1, -0.05) is 49.3 Å². The van der Waals surface area contributed by atoms with Gasteiger partial charge < -0.3 is 10.1 Å². The molecular weight excluding hydrogens is 456 g/mol. The number of pyridine rings is 1. The molecule has 9 heteroatoms. The molecular formula is C24H28N4O3S2. The lowest BCUT2D eigenvalue weighted by molar-refractivity contribution is -0.124. The van der Waals surface area contributed by atoms with Gasteiger partial charge in [0.2, 0.25) is 0 Å². The van der Waals surface area contributed by atoms with Crippen molar-refractivity contribution < 1.29 is 9.53 Å². The van der Waals surface area contributed by atoms with Crippen LogP contribution in [0.5, 0.6) is 0 Å². The fourth-order valence-electron chi connectivity index (χ4n) is 4.86. The fourth-order valence-corrected chi connectivity index (χ4v) is 6.24. The van der Waals surface area contributed by atoms with Gasteiger partial charge in [0.1, 0.15) is 15.8 Å². The van der Waals surface area contributed by atoms with Gasteiger partial charge in [0, 0.05) is 25.4 Å². The van der Waals surface area contributed by atoms with Crippen molar-refractivity contribution in [3.8, 4) is 0 Å². The van der Waals surface area contributed by atoms with E-state index in [4.69, 9.17) is 21.9 Å². The molecule has 1 unspecified atom stereocenters. The summed E-state index contributed by atoms with van der Waals surface area (Å²) in [5, 5.41) is 3.33. The number of carbonyl (C=O) groups excluding carboxylic acids is 1. The third-order valence-corrected chi connectivity index (χ3v) is 7.97. The molecule has 0 aromatic carbocycles. The predicted octanol–water partition coefficient (Wildman–Crippen LogP) is 4.13. The fraction of sp³-hybridized carbons (Fsp3) is 0.500. The van der Waals surface area contributed by atoms with E-state index >= 15 is 0 Å². The van der Waals surface area contributed by atoms with Crippen LogP contribution >= 0.6 is 24.0 Å². The number of hydrogen-bond donors (Lipinski definition) is 1. The van der Waals surface area contributed by atoms with Crippen LogP contribution in [-0.4, -0.2) is 49.8 Å². The van der Waals surface area contributed by atoms with E-state index in [9.17, 15) is 9.59 Å². The second-order valence-electron chi connectivity index (χ2n) is 8.92. The van der Waals surface area contributed by atoms with Crippen LogP contribution in [0.3, 0.4) is 0 Å². The molecule has 1 saturated carbocycles. The summed E-state index contributed by atoms with van der Waals surface area (Å²) in [7, 11) is 0. The summed E-state index contributed by atoms with van der Waals surface area (Å²) in [6, 6.07) is 3.92. The molecule has 3 fully saturated rings. The molecule has 2 aromatic rings. The first kappa shape index (κ1) is 22.6. The normalized spacial score (nSPS) is 23.2. The summed E-state index contributed by atoms with van der Waals surface area (Å²) in [5.41, 5.74) is 1.68. The third-order valence-electron chi connectivity index (χ3n) is 6.64. The van der Waals surface area contributed by atoms with Crippen molar-refractivity contribution in [2.45, 2.75) is 64.0 Å². The molecule has 7 nitrogen and oxygen atoms in total. The number of thioether (sulfide) groups is 1. The summed E-state index contributed by atoms with van der Waals surface area (Å²) in [4.78, 5) is 33.8. The van der Waals surface area contributed by atoms with Crippen LogP contribution in [0, 0.1) is 6.92 Å². The minimum atomic E-state index is -0.207. The first-order chi connectivity index (χ1) is 16.0. The topological polar surface area (TPSA) is 75.9 Å². The average Bonchev–Trinajstić information content (AvgIpc) is 3.43. The Morgan fingerprint density at radius 2 is 2.06 bits per heavy atom. The van der Waals surface area contributed by atoms with E-state index in [1.165, 1.54) is 18.2 Å². The number of thiocarbonyl (C=S) groups is 1. The number of aryl methyl sites for hydroxylation is 1. The second kappa shape index (κ2) is 9.56. The lowest BCUT2D eigenvalue weighted by Gasteiger charge is -2.29. The molecule has 1 amide bonds. The van der Waals surface area contributed by atoms with E-state index in [1.807, 2.05) is 19.1 Å². The maximum absolute atomic E-state index is 13.5. The summed E-state index contributed by atoms with van der Waals surface area (Å²) < 4.78 is 7.85. The summed E-state index contributed by atoms with van der Waals surface area (Å²) in [6.45, 7) is 3.26. The number of nitrogens with one attached hydrogen (secondary N) is 1. The number of rotatable bonds is 5. The van der Waals surface area contributed by atoms with E-state index in [0.29, 0.717) is 32.8 Å². The largest absolute Gasteiger partial charge is 0.376 e. The highest BCUT2D eigenvalue weighted by Crippen LogP contribution is 2.37. The van der Waals surface area contributed by atoms with Crippen molar-refractivity contribution in [1.82, 2.24) is 14.3 Å². The highest BCUT2D eigenvalue weighted by Gasteiger charge is 2.37. The number of nitrogens with zero attached hydrogens (tertiary/aromatic N) is 3. The molecule has 0 radical (unpaired) electrons. The van der Waals surface area contributed by atoms with Crippen LogP contribution in [0.2, 0.25) is 0 Å². The first-order valence-corrected chi connectivity index (χ1v) is 12.9. The van der Waals surface area contributed by atoms with Crippen LogP contribution in [0.15, 0.2) is 28.0 Å². The molecule has 5 rings (SSSR count). The quantitative estimate of drug-likeness (QED) is 0.505. The Morgan fingerprint density at radius 3 is 2.82 bits per heavy atom. The lowest BCUT2D eigenvalue weighted by atomic mass is 9.94. The summed E-state index contributed by atoms with van der Waals surface area (Å²) in [6.07, 6.45) is 10.9. The number of fused-ring (bicyclic) bond motifs is 1. The average molecular weight is 485 g/mol. The van der Waals surface area contributed by atoms with Crippen molar-refractivity contribution in [3.05, 3.63) is 44.7 Å². The Labute approximate surface area is 202 Å². The predicted molar refractivity (Wildman–Crippen MR) is 136 cm³/mol. The highest BCUT2D eigenvalue weighted by molar-refractivity contribution is 8.26. The highest BCUT2D eigenvalue weighted by atomic mass is 32.2. The Morgan fingerprint density at radius 1 is 1.24 bits per heavy atom. The minimum absolute atomic E-state index is 0.0967. The van der Waals surface area contributed by atoms with Crippen molar-refractivity contribution in [2.24, 2.45) is 0 Å². The van der Waals surface area contributed by atoms with Crippen LogP contribution in [-0.2, 0) is 9.53 Å². The molecule has 174 valence electrons. The Hall–Kier alpha value is -2.23. The van der Waals surface area contributed by atoms with Crippen molar-refractivity contribution in [2.75, 3.05) is 18.5 Å². The molecule has 4 heterocycles. The molecule has 0 bridgehead atoms. The van der Waals surface area contributed by atoms with E-state index in [0.717, 1.165) is 50.7 Å². The van der Waals surface area contributed by atoms with E-state index in [1.54, 1.807) is 21.6 Å². The molecule has 2 aromatic heterocycles. The van der Waals surface area contributed by atoms with Gasteiger partial charge in [0.25, 0.3) is 11.5 Å². The summed E-state index contributed by atoms with van der Waals surface area (Å²) >= 11 is 6.85. The zero-order valence-corrected chi connectivity index (χ0v) is 20.3. The van der Waals surface area contributed by atoms with Gasteiger partial charge in [0.15, 0.2) is 0 Å². The molecule has 2 aliphatic heterocycles. The Kier molecular flexibility index (Phi) is 6.53. The molecule has 1 atom stereocenters. The van der Waals surface area contributed by atoms with Crippen molar-refractivity contribution in [1.29, 1.82) is 0 Å². The van der Waals surface area contributed by atoms with Gasteiger partial charge in [-0.3, -0.25) is 18.9 Å². The van der Waals surface area contributed by atoms with E-state index in [-0.39, 0.29) is 23.6 Å². The molecule has 2 saturated heterocycles. The molecule has 3 aliphatic rings. The van der Waals surface area contributed by atoms with Crippen LogP contribution < -0.4 is 10.9 Å². The monoisotopic (exact) mass is 484 g/mol. The zero-order chi connectivity index (χ0) is 22.9. The third kappa shape index (κ3) is 4.46. The number of hydrogen-bond acceptors (Lipinski definition) is 7. The number of anilines is 1. The van der Waals surface area contributed by atoms with Gasteiger partial charge in [-0.25, -0.2) is 4.98 Å². The zero-order valence-electron chi connectivity index (χ0n) is 18.7. The Balaban J connectivity index is 1.53. The minimum Gasteiger partial charge on any atom is -0.376 e. The standard InChI is InChI=1S/C24H28N4O3S2/c1-15-7-5-11-27-21(15)26-20(25-14-17-10-6-12-31-17)18(22(27)29)13-19-23(30)28(24(32)33-19)16-8-3-2-4-9-16/h5,7,11,13,16-17,25H,2-4,6,8-10,12,14H2,1H3. The lowest BCUT2D eigenvalue weighted by Crippen LogP contribution is -2.39. The summed E-state index contributed by atoms with van der Waals surface area (Å²) in [5.74, 6) is 0.378. The first-order valence-electron chi connectivity index (χ1n) is 11.7. The van der Waals surface area contributed by atoms with Gasteiger partial charge >= 0.3 is 0 Å². The smallest absolute Gasteiger partial charge is 0.267 e. The van der Waals surface area contributed by atoms with Gasteiger partial charge in [0.05, 0.1) is 16.6 Å². The molecule has 0 spiro atoms. The van der Waals surface area contributed by atoms with E-state index < -0.39 is 0 Å². The maximum atomic E-state index is 13.5. The van der Waals surface area contributed by atoms with Crippen molar-refractivity contribution in [3.63, 3.8) is 0 Å². The van der Waals surface area contributed by atoms with Crippen LogP contribution in [0.1, 0.15) is 56.1 Å². The SMILES string of the molecule is Cc1cccn2c(=O)c(C=C3SC(=S)N(C4CCCCC4)C3=O)c(NCC3CCCO3)nc12.